The predicted octanol–water partition coefficient (Wildman–Crippen LogP) is 9.15. The molecule has 0 N–H and O–H groups in total. The fourth-order valence-electron chi connectivity index (χ4n) is 4.31. The number of aryl methyl sites for hydroxylation is 1. The van der Waals surface area contributed by atoms with Gasteiger partial charge in [-0.05, 0) is 30.7 Å². The van der Waals surface area contributed by atoms with Crippen molar-refractivity contribution >= 4 is 0 Å². The van der Waals surface area contributed by atoms with E-state index in [1.165, 1.54) is 69.8 Å². The van der Waals surface area contributed by atoms with E-state index in [2.05, 4.69) is 55.0 Å². The van der Waals surface area contributed by atoms with Crippen molar-refractivity contribution in [3.8, 4) is 17.1 Å². The van der Waals surface area contributed by atoms with Gasteiger partial charge >= 0.3 is 0 Å². The molecular formula is C30H47FN2O. The fourth-order valence-corrected chi connectivity index (χ4v) is 4.31. The lowest BCUT2D eigenvalue weighted by Crippen LogP contribution is -2.13. The molecule has 0 spiro atoms. The average molecular weight is 471 g/mol. The molecular weight excluding hydrogens is 423 g/mol. The molecule has 0 amide bonds. The van der Waals surface area contributed by atoms with Crippen LogP contribution in [0.15, 0.2) is 36.7 Å². The van der Waals surface area contributed by atoms with E-state index in [0.717, 1.165) is 24.8 Å². The molecule has 0 saturated heterocycles. The third-order valence-corrected chi connectivity index (χ3v) is 6.60. The summed E-state index contributed by atoms with van der Waals surface area (Å²) in [5, 5.41) is 0. The molecule has 0 aliphatic heterocycles. The van der Waals surface area contributed by atoms with Gasteiger partial charge in [-0.3, -0.25) is 0 Å². The maximum atomic E-state index is 14.2. The smallest absolute Gasteiger partial charge is 0.159 e. The van der Waals surface area contributed by atoms with Gasteiger partial charge < -0.3 is 4.74 Å². The van der Waals surface area contributed by atoms with Crippen LogP contribution in [0.2, 0.25) is 0 Å². The minimum atomic E-state index is -0.943. The van der Waals surface area contributed by atoms with Crippen LogP contribution in [-0.2, 0) is 6.42 Å². The molecule has 190 valence electrons. The maximum Gasteiger partial charge on any atom is 0.159 e. The third kappa shape index (κ3) is 11.9. The van der Waals surface area contributed by atoms with Gasteiger partial charge in [-0.25, -0.2) is 14.4 Å². The van der Waals surface area contributed by atoms with Crippen LogP contribution in [0.3, 0.4) is 0 Å². The Morgan fingerprint density at radius 1 is 0.765 bits per heavy atom. The summed E-state index contributed by atoms with van der Waals surface area (Å²) >= 11 is 0. The first-order valence-electron chi connectivity index (χ1n) is 13.8. The fraction of sp³-hybridized carbons (Fsp3) is 0.667. The Bertz CT molecular complexity index is 747. The lowest BCUT2D eigenvalue weighted by Gasteiger charge is -2.13. The molecule has 0 radical (unpaired) electrons. The van der Waals surface area contributed by atoms with Gasteiger partial charge in [0.2, 0.25) is 0 Å². The second-order valence-electron chi connectivity index (χ2n) is 9.90. The Hall–Kier alpha value is -1.97. The highest BCUT2D eigenvalue weighted by Crippen LogP contribution is 2.20. The van der Waals surface area contributed by atoms with Crippen LogP contribution in [0.1, 0.15) is 110 Å². The van der Waals surface area contributed by atoms with Gasteiger partial charge in [0.1, 0.15) is 12.8 Å². The van der Waals surface area contributed by atoms with Gasteiger partial charge in [0.15, 0.2) is 11.6 Å². The Morgan fingerprint density at radius 2 is 1.38 bits per heavy atom. The first-order valence-corrected chi connectivity index (χ1v) is 13.8. The number of halogens is 1. The van der Waals surface area contributed by atoms with Crippen molar-refractivity contribution < 1.29 is 9.13 Å². The highest BCUT2D eigenvalue weighted by molar-refractivity contribution is 5.55. The van der Waals surface area contributed by atoms with Crippen LogP contribution < -0.4 is 4.74 Å². The summed E-state index contributed by atoms with van der Waals surface area (Å²) in [6, 6.07) is 8.52. The Labute approximate surface area is 208 Å². The predicted molar refractivity (Wildman–Crippen MR) is 142 cm³/mol. The molecule has 4 heteroatoms. The molecule has 2 aromatic rings. The summed E-state index contributed by atoms with van der Waals surface area (Å²) < 4.78 is 19.8. The van der Waals surface area contributed by atoms with E-state index in [1.54, 1.807) is 12.4 Å². The van der Waals surface area contributed by atoms with E-state index >= 15 is 0 Å². The van der Waals surface area contributed by atoms with Crippen LogP contribution in [0.5, 0.6) is 5.75 Å². The Kier molecular flexibility index (Phi) is 14.5. The van der Waals surface area contributed by atoms with Crippen LogP contribution in [-0.4, -0.2) is 22.7 Å². The van der Waals surface area contributed by atoms with Crippen molar-refractivity contribution in [2.24, 2.45) is 5.92 Å². The maximum absolute atomic E-state index is 14.2. The number of benzene rings is 1. The zero-order valence-corrected chi connectivity index (χ0v) is 21.9. The lowest BCUT2D eigenvalue weighted by molar-refractivity contribution is 0.181. The number of hydrogen-bond acceptors (Lipinski definition) is 3. The molecule has 1 aromatic heterocycles. The van der Waals surface area contributed by atoms with Gasteiger partial charge in [-0.2, -0.15) is 0 Å². The molecule has 2 unspecified atom stereocenters. The first-order chi connectivity index (χ1) is 16.6. The van der Waals surface area contributed by atoms with Crippen molar-refractivity contribution in [3.63, 3.8) is 0 Å². The summed E-state index contributed by atoms with van der Waals surface area (Å²) in [5.41, 5.74) is 2.36. The third-order valence-electron chi connectivity index (χ3n) is 6.60. The summed E-state index contributed by atoms with van der Waals surface area (Å²) in [6.07, 6.45) is 19.1. The highest BCUT2D eigenvalue weighted by Gasteiger charge is 2.10. The van der Waals surface area contributed by atoms with Crippen molar-refractivity contribution in [2.45, 2.75) is 117 Å². The number of hydrogen-bond donors (Lipinski definition) is 0. The van der Waals surface area contributed by atoms with Crippen LogP contribution in [0, 0.1) is 5.92 Å². The number of nitrogens with zero attached hydrogens (tertiary/aromatic N) is 2. The van der Waals surface area contributed by atoms with Crippen molar-refractivity contribution in [1.82, 2.24) is 9.97 Å². The minimum absolute atomic E-state index is 0.0695. The number of aromatic nitrogens is 2. The molecule has 34 heavy (non-hydrogen) atoms. The van der Waals surface area contributed by atoms with Gasteiger partial charge in [-0.15, -0.1) is 0 Å². The quantitative estimate of drug-likeness (QED) is 0.192. The summed E-state index contributed by atoms with van der Waals surface area (Å²) in [6.45, 7) is 6.83. The number of ether oxygens (including phenoxy) is 1. The van der Waals surface area contributed by atoms with Crippen molar-refractivity contribution in [3.05, 3.63) is 42.2 Å². The van der Waals surface area contributed by atoms with E-state index in [9.17, 15) is 4.39 Å². The SMILES string of the molecule is CCCCCCCCc1ccc(-c2ncc(OCC(F)CCCC(C)CCCCC)cn2)cc1. The first kappa shape index (κ1) is 28.3. The molecule has 0 aliphatic carbocycles. The normalized spacial score (nSPS) is 13.1. The van der Waals surface area contributed by atoms with Crippen LogP contribution >= 0.6 is 0 Å². The second-order valence-corrected chi connectivity index (χ2v) is 9.90. The Morgan fingerprint density at radius 3 is 2.09 bits per heavy atom. The minimum Gasteiger partial charge on any atom is -0.487 e. The zero-order valence-electron chi connectivity index (χ0n) is 21.9. The summed E-state index contributed by atoms with van der Waals surface area (Å²) in [4.78, 5) is 8.85. The van der Waals surface area contributed by atoms with E-state index < -0.39 is 6.17 Å². The topological polar surface area (TPSA) is 35.0 Å². The number of alkyl halides is 1. The molecule has 0 aliphatic rings. The highest BCUT2D eigenvalue weighted by atomic mass is 19.1. The van der Waals surface area contributed by atoms with Crippen molar-refractivity contribution in [2.75, 3.05) is 6.61 Å². The average Bonchev–Trinajstić information content (AvgIpc) is 2.86. The van der Waals surface area contributed by atoms with Gasteiger partial charge in [0.05, 0.1) is 12.4 Å². The lowest BCUT2D eigenvalue weighted by atomic mass is 9.97. The standard InChI is InChI=1S/C30H47FN2O/c1-4-6-8-9-10-12-16-26-18-20-27(21-19-26)30-32-22-29(23-33-30)34-24-28(31)17-13-15-25(3)14-11-7-5-2/h18-23,25,28H,4-17,24H2,1-3H3. The summed E-state index contributed by atoms with van der Waals surface area (Å²) in [7, 11) is 0. The van der Waals surface area contributed by atoms with E-state index in [0.29, 0.717) is 23.9 Å². The zero-order chi connectivity index (χ0) is 24.4. The molecule has 0 saturated carbocycles. The molecule has 0 fully saturated rings. The molecule has 3 nitrogen and oxygen atoms in total. The van der Waals surface area contributed by atoms with E-state index in [4.69, 9.17) is 4.74 Å². The molecule has 2 atom stereocenters. The summed E-state index contributed by atoms with van der Waals surface area (Å²) in [5.74, 6) is 1.89. The monoisotopic (exact) mass is 470 g/mol. The number of unbranched alkanes of at least 4 members (excludes halogenated alkanes) is 7. The molecule has 0 bridgehead atoms. The molecule has 1 aromatic carbocycles. The van der Waals surface area contributed by atoms with Gasteiger partial charge in [0.25, 0.3) is 0 Å². The van der Waals surface area contributed by atoms with Crippen LogP contribution in [0.25, 0.3) is 11.4 Å². The second kappa shape index (κ2) is 17.5. The van der Waals surface area contributed by atoms with Crippen LogP contribution in [0.4, 0.5) is 4.39 Å². The van der Waals surface area contributed by atoms with Gasteiger partial charge in [-0.1, -0.05) is 116 Å². The number of rotatable bonds is 19. The van der Waals surface area contributed by atoms with E-state index in [-0.39, 0.29) is 6.61 Å². The Balaban J connectivity index is 1.66. The van der Waals surface area contributed by atoms with Crippen molar-refractivity contribution in [1.29, 1.82) is 0 Å². The molecule has 1 heterocycles. The van der Waals surface area contributed by atoms with E-state index in [1.807, 2.05) is 0 Å². The largest absolute Gasteiger partial charge is 0.487 e. The van der Waals surface area contributed by atoms with Gasteiger partial charge in [0, 0.05) is 5.56 Å². The molecule has 2 rings (SSSR count).